The lowest BCUT2D eigenvalue weighted by atomic mass is 10.2. The molecule has 2 N–H and O–H groups in total. The molecule has 14 heavy (non-hydrogen) atoms. The quantitative estimate of drug-likeness (QED) is 0.750. The molecule has 1 aromatic heterocycles. The average molecular weight is 226 g/mol. The summed E-state index contributed by atoms with van der Waals surface area (Å²) in [5, 5.41) is 6.44. The summed E-state index contributed by atoms with van der Waals surface area (Å²) >= 11 is 7.21. The van der Waals surface area contributed by atoms with E-state index in [1.165, 1.54) is 21.7 Å². The first-order valence-electron chi connectivity index (χ1n) is 4.85. The third-order valence-corrected chi connectivity index (χ3v) is 3.88. The van der Waals surface area contributed by atoms with Crippen LogP contribution in [0.3, 0.4) is 0 Å². The first kappa shape index (κ1) is 10.1. The highest BCUT2D eigenvalue weighted by atomic mass is 32.1. The van der Waals surface area contributed by atoms with Crippen LogP contribution in [0, 0.1) is 0 Å². The molecule has 1 aliphatic rings. The van der Waals surface area contributed by atoms with Crippen molar-refractivity contribution in [2.45, 2.75) is 19.4 Å². The van der Waals surface area contributed by atoms with Crippen molar-refractivity contribution < 1.29 is 0 Å². The van der Waals surface area contributed by atoms with Gasteiger partial charge in [-0.3, -0.25) is 0 Å². The van der Waals surface area contributed by atoms with Gasteiger partial charge in [0, 0.05) is 28.4 Å². The summed E-state index contributed by atoms with van der Waals surface area (Å²) in [7, 11) is 1.97. The van der Waals surface area contributed by atoms with Crippen LogP contribution >= 0.6 is 23.6 Å². The Kier molecular flexibility index (Phi) is 3.15. The summed E-state index contributed by atoms with van der Waals surface area (Å²) < 4.78 is 0. The smallest absolute Gasteiger partial charge is 0.107 e. The zero-order valence-corrected chi connectivity index (χ0v) is 9.86. The van der Waals surface area contributed by atoms with Gasteiger partial charge in [-0.05, 0) is 26.0 Å². The van der Waals surface area contributed by atoms with Gasteiger partial charge in [0.1, 0.15) is 4.99 Å². The molecule has 0 aliphatic carbocycles. The SMILES string of the molecule is CNCc1cc2c(s1)CCCNC2=S. The second-order valence-corrected chi connectivity index (χ2v) is 5.07. The molecule has 0 fully saturated rings. The highest BCUT2D eigenvalue weighted by Crippen LogP contribution is 2.25. The first-order valence-corrected chi connectivity index (χ1v) is 6.08. The van der Waals surface area contributed by atoms with Gasteiger partial charge in [-0.2, -0.15) is 0 Å². The molecule has 0 atom stereocenters. The van der Waals surface area contributed by atoms with Crippen molar-refractivity contribution in [3.05, 3.63) is 21.4 Å². The number of nitrogens with one attached hydrogen (secondary N) is 2. The van der Waals surface area contributed by atoms with Crippen LogP contribution in [0.4, 0.5) is 0 Å². The molecule has 2 nitrogen and oxygen atoms in total. The van der Waals surface area contributed by atoms with Crippen molar-refractivity contribution in [3.63, 3.8) is 0 Å². The van der Waals surface area contributed by atoms with Crippen LogP contribution in [0.2, 0.25) is 0 Å². The Labute approximate surface area is 93.7 Å². The lowest BCUT2D eigenvalue weighted by Gasteiger charge is -2.00. The molecule has 0 unspecified atom stereocenters. The van der Waals surface area contributed by atoms with Crippen molar-refractivity contribution in [3.8, 4) is 0 Å². The fourth-order valence-electron chi connectivity index (χ4n) is 1.67. The Morgan fingerprint density at radius 2 is 2.50 bits per heavy atom. The molecular formula is C10H14N2S2. The minimum absolute atomic E-state index is 0.927. The summed E-state index contributed by atoms with van der Waals surface area (Å²) in [5.41, 5.74) is 1.26. The molecule has 0 aromatic carbocycles. The standard InChI is InChI=1S/C10H14N2S2/c1-11-6-7-5-8-9(14-7)3-2-4-12-10(8)13/h5,11H,2-4,6H2,1H3,(H,12,13). The van der Waals surface area contributed by atoms with Gasteiger partial charge in [0.05, 0.1) is 0 Å². The molecule has 0 saturated heterocycles. The molecule has 2 rings (SSSR count). The predicted molar refractivity (Wildman–Crippen MR) is 65.1 cm³/mol. The van der Waals surface area contributed by atoms with Crippen LogP contribution in [-0.2, 0) is 13.0 Å². The van der Waals surface area contributed by atoms with Gasteiger partial charge in [0.25, 0.3) is 0 Å². The van der Waals surface area contributed by atoms with Gasteiger partial charge in [0.15, 0.2) is 0 Å². The van der Waals surface area contributed by atoms with Gasteiger partial charge < -0.3 is 10.6 Å². The maximum atomic E-state index is 5.32. The molecule has 1 aliphatic heterocycles. The van der Waals surface area contributed by atoms with Crippen LogP contribution in [-0.4, -0.2) is 18.6 Å². The number of thiocarbonyl (C=S) groups is 1. The fourth-order valence-corrected chi connectivity index (χ4v) is 3.25. The van der Waals surface area contributed by atoms with Crippen molar-refractivity contribution in [2.75, 3.05) is 13.6 Å². The molecule has 0 bridgehead atoms. The fraction of sp³-hybridized carbons (Fsp3) is 0.500. The summed E-state index contributed by atoms with van der Waals surface area (Å²) in [5.74, 6) is 0. The summed E-state index contributed by atoms with van der Waals surface area (Å²) in [6, 6.07) is 2.22. The van der Waals surface area contributed by atoms with E-state index in [2.05, 4.69) is 16.7 Å². The topological polar surface area (TPSA) is 24.1 Å². The van der Waals surface area contributed by atoms with Gasteiger partial charge in [-0.25, -0.2) is 0 Å². The van der Waals surface area contributed by atoms with Crippen LogP contribution in [0.5, 0.6) is 0 Å². The number of aryl methyl sites for hydroxylation is 1. The van der Waals surface area contributed by atoms with Gasteiger partial charge in [-0.1, -0.05) is 12.2 Å². The molecule has 4 heteroatoms. The van der Waals surface area contributed by atoms with Gasteiger partial charge >= 0.3 is 0 Å². The number of rotatable bonds is 2. The third-order valence-electron chi connectivity index (χ3n) is 2.32. The van der Waals surface area contributed by atoms with Crippen molar-refractivity contribution in [1.29, 1.82) is 0 Å². The highest BCUT2D eigenvalue weighted by molar-refractivity contribution is 7.80. The van der Waals surface area contributed by atoms with Crippen molar-refractivity contribution in [1.82, 2.24) is 10.6 Å². The normalized spacial score (nSPS) is 15.9. The summed E-state index contributed by atoms with van der Waals surface area (Å²) in [6.07, 6.45) is 2.35. The molecule has 0 saturated carbocycles. The van der Waals surface area contributed by atoms with E-state index in [1.807, 2.05) is 18.4 Å². The first-order chi connectivity index (χ1) is 6.81. The monoisotopic (exact) mass is 226 g/mol. The predicted octanol–water partition coefficient (Wildman–Crippen LogP) is 1.68. The number of fused-ring (bicyclic) bond motifs is 1. The lowest BCUT2D eigenvalue weighted by molar-refractivity contribution is 0.800. The maximum absolute atomic E-state index is 5.32. The number of hydrogen-bond donors (Lipinski definition) is 2. The van der Waals surface area contributed by atoms with Crippen LogP contribution in [0.1, 0.15) is 21.7 Å². The molecular weight excluding hydrogens is 212 g/mol. The van der Waals surface area contributed by atoms with Gasteiger partial charge in [-0.15, -0.1) is 11.3 Å². The summed E-state index contributed by atoms with van der Waals surface area (Å²) in [4.78, 5) is 3.75. The van der Waals surface area contributed by atoms with E-state index in [1.54, 1.807) is 0 Å². The van der Waals surface area contributed by atoms with E-state index in [0.717, 1.165) is 24.5 Å². The Morgan fingerprint density at radius 3 is 3.29 bits per heavy atom. The van der Waals surface area contributed by atoms with Crippen molar-refractivity contribution in [2.24, 2.45) is 0 Å². The van der Waals surface area contributed by atoms with E-state index in [4.69, 9.17) is 12.2 Å². The van der Waals surface area contributed by atoms with E-state index >= 15 is 0 Å². The Balaban J connectivity index is 2.29. The van der Waals surface area contributed by atoms with Gasteiger partial charge in [0.2, 0.25) is 0 Å². The summed E-state index contributed by atoms with van der Waals surface area (Å²) in [6.45, 7) is 1.96. The van der Waals surface area contributed by atoms with Crippen LogP contribution in [0.15, 0.2) is 6.07 Å². The Morgan fingerprint density at radius 1 is 1.64 bits per heavy atom. The van der Waals surface area contributed by atoms with Crippen molar-refractivity contribution >= 4 is 28.5 Å². The van der Waals surface area contributed by atoms with Crippen LogP contribution < -0.4 is 10.6 Å². The molecule has 0 radical (unpaired) electrons. The zero-order valence-electron chi connectivity index (χ0n) is 8.22. The number of hydrogen-bond acceptors (Lipinski definition) is 3. The average Bonchev–Trinajstić information content (AvgIpc) is 2.49. The van der Waals surface area contributed by atoms with E-state index < -0.39 is 0 Å². The van der Waals surface area contributed by atoms with E-state index in [9.17, 15) is 0 Å². The second-order valence-electron chi connectivity index (χ2n) is 3.44. The van der Waals surface area contributed by atoms with E-state index in [0.29, 0.717) is 0 Å². The van der Waals surface area contributed by atoms with E-state index in [-0.39, 0.29) is 0 Å². The molecule has 0 spiro atoms. The molecule has 1 aromatic rings. The highest BCUT2D eigenvalue weighted by Gasteiger charge is 2.15. The Hall–Kier alpha value is -0.450. The molecule has 76 valence electrons. The zero-order chi connectivity index (χ0) is 9.97. The molecule has 2 heterocycles. The van der Waals surface area contributed by atoms with Crippen LogP contribution in [0.25, 0.3) is 0 Å². The minimum Gasteiger partial charge on any atom is -0.376 e. The minimum atomic E-state index is 0.927. The maximum Gasteiger partial charge on any atom is 0.107 e. The lowest BCUT2D eigenvalue weighted by Crippen LogP contribution is -2.21. The molecule has 0 amide bonds. The Bertz CT molecular complexity index is 344. The third kappa shape index (κ3) is 1.97. The second kappa shape index (κ2) is 4.38. The number of thiophene rings is 1. The largest absolute Gasteiger partial charge is 0.376 e.